The van der Waals surface area contributed by atoms with Crippen molar-refractivity contribution in [2.24, 2.45) is 0 Å². The van der Waals surface area contributed by atoms with Gasteiger partial charge in [0.25, 0.3) is 5.91 Å². The summed E-state index contributed by atoms with van der Waals surface area (Å²) >= 11 is 0. The first kappa shape index (κ1) is 17.4. The van der Waals surface area contributed by atoms with Gasteiger partial charge in [0.15, 0.2) is 0 Å². The van der Waals surface area contributed by atoms with Crippen molar-refractivity contribution >= 4 is 11.9 Å². The van der Waals surface area contributed by atoms with Crippen LogP contribution in [-0.4, -0.2) is 66.7 Å². The number of carbonyl (C=O) groups is 2. The normalized spacial score (nSPS) is 21.3. The molecule has 1 fully saturated rings. The summed E-state index contributed by atoms with van der Waals surface area (Å²) in [5.41, 5.74) is 0.566. The quantitative estimate of drug-likeness (QED) is 0.859. The number of benzene rings is 1. The lowest BCUT2D eigenvalue weighted by Gasteiger charge is -2.34. The molecule has 6 heteroatoms. The number of ether oxygens (including phenoxy) is 1. The van der Waals surface area contributed by atoms with Gasteiger partial charge in [0, 0.05) is 33.3 Å². The molecule has 1 aromatic carbocycles. The predicted molar refractivity (Wildman–Crippen MR) is 86.3 cm³/mol. The van der Waals surface area contributed by atoms with Crippen molar-refractivity contribution in [2.45, 2.75) is 24.9 Å². The molecule has 0 aromatic heterocycles. The summed E-state index contributed by atoms with van der Waals surface area (Å²) in [6.45, 7) is 1.37. The van der Waals surface area contributed by atoms with E-state index in [9.17, 15) is 14.7 Å². The molecule has 0 radical (unpaired) electrons. The van der Waals surface area contributed by atoms with Crippen LogP contribution in [0.1, 0.15) is 28.8 Å². The monoisotopic (exact) mass is 320 g/mol. The van der Waals surface area contributed by atoms with Crippen molar-refractivity contribution in [1.29, 1.82) is 0 Å². The van der Waals surface area contributed by atoms with E-state index in [2.05, 4.69) is 0 Å². The smallest absolute Gasteiger partial charge is 0.326 e. The Hall–Kier alpha value is -1.92. The van der Waals surface area contributed by atoms with E-state index < -0.39 is 11.5 Å². The number of likely N-dealkylation sites (tertiary alicyclic amines) is 1. The number of carboxylic acid groups (broad SMARTS) is 1. The molecule has 23 heavy (non-hydrogen) atoms. The Balaban J connectivity index is 2.22. The van der Waals surface area contributed by atoms with Crippen molar-refractivity contribution < 1.29 is 19.4 Å². The molecule has 0 bridgehead atoms. The van der Waals surface area contributed by atoms with Gasteiger partial charge >= 0.3 is 5.97 Å². The molecule has 2 rings (SSSR count). The Morgan fingerprint density at radius 3 is 2.74 bits per heavy atom. The maximum Gasteiger partial charge on any atom is 0.326 e. The molecule has 1 N–H and O–H groups in total. The molecular formula is C17H24N2O4. The van der Waals surface area contributed by atoms with Crippen molar-refractivity contribution in [3.8, 4) is 0 Å². The van der Waals surface area contributed by atoms with Crippen LogP contribution in [0.2, 0.25) is 0 Å². The van der Waals surface area contributed by atoms with Gasteiger partial charge in [-0.05, 0) is 37.1 Å². The lowest BCUT2D eigenvalue weighted by Crippen LogP contribution is -2.53. The van der Waals surface area contributed by atoms with Crippen molar-refractivity contribution in [1.82, 2.24) is 9.80 Å². The SMILES string of the molecule is COCC1(C(=O)O)CCCN1Cc1cccc(C(=O)N(C)C)c1. The van der Waals surface area contributed by atoms with Crippen molar-refractivity contribution in [3.63, 3.8) is 0 Å². The van der Waals surface area contributed by atoms with E-state index in [1.54, 1.807) is 20.2 Å². The zero-order chi connectivity index (χ0) is 17.0. The summed E-state index contributed by atoms with van der Waals surface area (Å²) in [6.07, 6.45) is 1.40. The number of carbonyl (C=O) groups excluding carboxylic acids is 1. The highest BCUT2D eigenvalue weighted by atomic mass is 16.5. The number of carboxylic acids is 1. The maximum atomic E-state index is 12.1. The number of amides is 1. The second-order valence-corrected chi connectivity index (χ2v) is 6.19. The van der Waals surface area contributed by atoms with Gasteiger partial charge in [-0.2, -0.15) is 0 Å². The summed E-state index contributed by atoms with van der Waals surface area (Å²) in [4.78, 5) is 27.3. The Morgan fingerprint density at radius 2 is 2.13 bits per heavy atom. The average molecular weight is 320 g/mol. The number of nitrogens with zero attached hydrogens (tertiary/aromatic N) is 2. The van der Waals surface area contributed by atoms with Gasteiger partial charge in [-0.1, -0.05) is 12.1 Å². The molecule has 0 spiro atoms. The van der Waals surface area contributed by atoms with E-state index >= 15 is 0 Å². The summed E-state index contributed by atoms with van der Waals surface area (Å²) < 4.78 is 5.17. The molecular weight excluding hydrogens is 296 g/mol. The van der Waals surface area contributed by atoms with Crippen LogP contribution in [-0.2, 0) is 16.1 Å². The second-order valence-electron chi connectivity index (χ2n) is 6.19. The van der Waals surface area contributed by atoms with Gasteiger partial charge in [-0.3, -0.25) is 14.5 Å². The summed E-state index contributed by atoms with van der Waals surface area (Å²) in [6, 6.07) is 7.36. The zero-order valence-corrected chi connectivity index (χ0v) is 13.9. The summed E-state index contributed by atoms with van der Waals surface area (Å²) in [5.74, 6) is -0.910. The van der Waals surface area contributed by atoms with Crippen LogP contribution >= 0.6 is 0 Å². The van der Waals surface area contributed by atoms with Crippen LogP contribution in [0, 0.1) is 0 Å². The fourth-order valence-corrected chi connectivity index (χ4v) is 3.15. The fourth-order valence-electron chi connectivity index (χ4n) is 3.15. The Morgan fingerprint density at radius 1 is 1.39 bits per heavy atom. The van der Waals surface area contributed by atoms with Gasteiger partial charge < -0.3 is 14.7 Å². The average Bonchev–Trinajstić information content (AvgIpc) is 2.91. The highest BCUT2D eigenvalue weighted by molar-refractivity contribution is 5.94. The van der Waals surface area contributed by atoms with Crippen LogP contribution in [0.15, 0.2) is 24.3 Å². The molecule has 126 valence electrons. The number of methoxy groups -OCH3 is 1. The van der Waals surface area contributed by atoms with E-state index in [1.165, 1.54) is 12.0 Å². The maximum absolute atomic E-state index is 12.1. The molecule has 1 aromatic rings. The minimum atomic E-state index is -0.976. The van der Waals surface area contributed by atoms with E-state index in [-0.39, 0.29) is 12.5 Å². The van der Waals surface area contributed by atoms with Crippen LogP contribution < -0.4 is 0 Å². The van der Waals surface area contributed by atoms with E-state index in [1.807, 2.05) is 23.1 Å². The molecule has 1 saturated heterocycles. The number of hydrogen-bond acceptors (Lipinski definition) is 4. The lowest BCUT2D eigenvalue weighted by molar-refractivity contribution is -0.153. The van der Waals surface area contributed by atoms with Crippen LogP contribution in [0.4, 0.5) is 0 Å². The minimum Gasteiger partial charge on any atom is -0.480 e. The van der Waals surface area contributed by atoms with Crippen molar-refractivity contribution in [3.05, 3.63) is 35.4 Å². The first-order valence-electron chi connectivity index (χ1n) is 7.68. The molecule has 1 unspecified atom stereocenters. The second kappa shape index (κ2) is 7.10. The highest BCUT2D eigenvalue weighted by Crippen LogP contribution is 2.31. The topological polar surface area (TPSA) is 70.1 Å². The van der Waals surface area contributed by atoms with Gasteiger partial charge in [0.05, 0.1) is 6.61 Å². The largest absolute Gasteiger partial charge is 0.480 e. The first-order chi connectivity index (χ1) is 10.9. The van der Waals surface area contributed by atoms with Gasteiger partial charge in [-0.25, -0.2) is 0 Å². The molecule has 1 aliphatic heterocycles. The van der Waals surface area contributed by atoms with E-state index in [0.717, 1.165) is 12.0 Å². The van der Waals surface area contributed by atoms with Crippen molar-refractivity contribution in [2.75, 3.05) is 34.4 Å². The molecule has 1 aliphatic rings. The highest BCUT2D eigenvalue weighted by Gasteiger charge is 2.47. The minimum absolute atomic E-state index is 0.0605. The number of hydrogen-bond donors (Lipinski definition) is 1. The van der Waals surface area contributed by atoms with Gasteiger partial charge in [0.2, 0.25) is 0 Å². The molecule has 1 atom stereocenters. The number of aliphatic carboxylic acids is 1. The third-order valence-electron chi connectivity index (χ3n) is 4.36. The third-order valence-corrected chi connectivity index (χ3v) is 4.36. The predicted octanol–water partition coefficient (Wildman–Crippen LogP) is 1.45. The molecule has 6 nitrogen and oxygen atoms in total. The van der Waals surface area contributed by atoms with E-state index in [4.69, 9.17) is 4.74 Å². The molecule has 0 aliphatic carbocycles. The number of rotatable bonds is 6. The first-order valence-corrected chi connectivity index (χ1v) is 7.68. The Bertz CT molecular complexity index is 588. The van der Waals surface area contributed by atoms with Gasteiger partial charge in [0.1, 0.15) is 5.54 Å². The van der Waals surface area contributed by atoms with Crippen LogP contribution in [0.25, 0.3) is 0 Å². The Labute approximate surface area is 136 Å². The summed E-state index contributed by atoms with van der Waals surface area (Å²) in [5, 5.41) is 9.68. The molecule has 1 amide bonds. The van der Waals surface area contributed by atoms with Gasteiger partial charge in [-0.15, -0.1) is 0 Å². The fraction of sp³-hybridized carbons (Fsp3) is 0.529. The third kappa shape index (κ3) is 3.54. The summed E-state index contributed by atoms with van der Waals surface area (Å²) in [7, 11) is 4.95. The zero-order valence-electron chi connectivity index (χ0n) is 13.9. The standard InChI is InChI=1S/C17H24N2O4/c1-18(2)15(20)14-7-4-6-13(10-14)11-19-9-5-8-17(19,12-23-3)16(21)22/h4,6-7,10H,5,8-9,11-12H2,1-3H3,(H,21,22). The Kier molecular flexibility index (Phi) is 5.38. The lowest BCUT2D eigenvalue weighted by atomic mass is 9.96. The van der Waals surface area contributed by atoms with Crippen LogP contribution in [0.3, 0.4) is 0 Å². The van der Waals surface area contributed by atoms with E-state index in [0.29, 0.717) is 25.1 Å². The molecule has 1 heterocycles. The van der Waals surface area contributed by atoms with Crippen LogP contribution in [0.5, 0.6) is 0 Å². The molecule has 0 saturated carbocycles.